The minimum atomic E-state index is -2.92. The van der Waals surface area contributed by atoms with Gasteiger partial charge in [-0.25, -0.2) is 13.6 Å². The van der Waals surface area contributed by atoms with Gasteiger partial charge in [-0.05, 0) is 6.92 Å². The van der Waals surface area contributed by atoms with E-state index in [1.807, 2.05) is 0 Å². The van der Waals surface area contributed by atoms with E-state index in [0.29, 0.717) is 0 Å². The van der Waals surface area contributed by atoms with Gasteiger partial charge in [0.05, 0.1) is 6.61 Å². The van der Waals surface area contributed by atoms with E-state index in [0.717, 1.165) is 12.3 Å². The van der Waals surface area contributed by atoms with Crippen molar-refractivity contribution in [3.8, 4) is 0 Å². The Bertz CT molecular complexity index is 414. The number of nitrogens with one attached hydrogen (secondary N) is 1. The standard InChI is InChI=1S/C9H9F2NO3/c1-2-15-9(14)6-5(13)3-4-12-7(6)8(10)11/h3-4,8H,2H2,1H3,(H,12,13). The van der Waals surface area contributed by atoms with E-state index in [1.165, 1.54) is 6.92 Å². The first-order valence-electron chi connectivity index (χ1n) is 4.24. The van der Waals surface area contributed by atoms with E-state index in [9.17, 15) is 18.4 Å². The van der Waals surface area contributed by atoms with Crippen molar-refractivity contribution in [3.05, 3.63) is 33.7 Å². The van der Waals surface area contributed by atoms with Gasteiger partial charge in [0, 0.05) is 12.3 Å². The molecule has 0 aliphatic heterocycles. The highest BCUT2D eigenvalue weighted by atomic mass is 19.3. The molecule has 0 aromatic carbocycles. The molecule has 6 heteroatoms. The summed E-state index contributed by atoms with van der Waals surface area (Å²) in [4.78, 5) is 24.6. The van der Waals surface area contributed by atoms with Crippen molar-refractivity contribution < 1.29 is 18.3 Å². The first-order chi connectivity index (χ1) is 7.07. The molecule has 0 spiro atoms. The molecule has 0 atom stereocenters. The highest BCUT2D eigenvalue weighted by Gasteiger charge is 2.22. The van der Waals surface area contributed by atoms with Crippen molar-refractivity contribution in [2.45, 2.75) is 13.3 Å². The molecule has 82 valence electrons. The Morgan fingerprint density at radius 3 is 2.80 bits per heavy atom. The van der Waals surface area contributed by atoms with E-state index in [1.54, 1.807) is 0 Å². The van der Waals surface area contributed by atoms with Gasteiger partial charge < -0.3 is 9.72 Å². The highest BCUT2D eigenvalue weighted by Crippen LogP contribution is 2.18. The molecule has 4 nitrogen and oxygen atoms in total. The van der Waals surface area contributed by atoms with Gasteiger partial charge in [0.1, 0.15) is 11.3 Å². The van der Waals surface area contributed by atoms with Gasteiger partial charge in [0.2, 0.25) is 0 Å². The quantitative estimate of drug-likeness (QED) is 0.780. The maximum Gasteiger partial charge on any atom is 0.344 e. The number of hydrogen-bond acceptors (Lipinski definition) is 3. The van der Waals surface area contributed by atoms with Crippen LogP contribution in [0.1, 0.15) is 29.4 Å². The fourth-order valence-electron chi connectivity index (χ4n) is 1.08. The second-order valence-corrected chi connectivity index (χ2v) is 2.65. The number of carbonyl (C=O) groups excluding carboxylic acids is 1. The average Bonchev–Trinajstić information content (AvgIpc) is 2.17. The Morgan fingerprint density at radius 1 is 1.60 bits per heavy atom. The Labute approximate surface area is 83.9 Å². The lowest BCUT2D eigenvalue weighted by Gasteiger charge is -2.06. The number of rotatable bonds is 3. The summed E-state index contributed by atoms with van der Waals surface area (Å²) in [7, 11) is 0. The third-order valence-corrected chi connectivity index (χ3v) is 1.69. The van der Waals surface area contributed by atoms with Gasteiger partial charge in [-0.3, -0.25) is 4.79 Å². The molecule has 0 saturated heterocycles. The average molecular weight is 217 g/mol. The zero-order valence-corrected chi connectivity index (χ0v) is 7.92. The summed E-state index contributed by atoms with van der Waals surface area (Å²) < 4.78 is 29.4. The molecule has 0 aliphatic rings. The summed E-state index contributed by atoms with van der Waals surface area (Å²) in [5, 5.41) is 0. The Balaban J connectivity index is 3.25. The molecule has 0 aliphatic carbocycles. The Hall–Kier alpha value is -1.72. The SMILES string of the molecule is CCOC(=O)c1c(C(F)F)[nH]ccc1=O. The van der Waals surface area contributed by atoms with Gasteiger partial charge >= 0.3 is 5.97 Å². The minimum Gasteiger partial charge on any atom is -0.462 e. The van der Waals surface area contributed by atoms with Crippen LogP contribution in [0.15, 0.2) is 17.1 Å². The maximum absolute atomic E-state index is 12.4. The molecule has 0 bridgehead atoms. The van der Waals surface area contributed by atoms with E-state index < -0.39 is 29.1 Å². The van der Waals surface area contributed by atoms with Gasteiger partial charge in [0.25, 0.3) is 6.43 Å². The third-order valence-electron chi connectivity index (χ3n) is 1.69. The molecule has 1 rings (SSSR count). The van der Waals surface area contributed by atoms with Crippen molar-refractivity contribution >= 4 is 5.97 Å². The van der Waals surface area contributed by atoms with Crippen molar-refractivity contribution in [1.29, 1.82) is 0 Å². The lowest BCUT2D eigenvalue weighted by atomic mass is 10.2. The molecule has 0 radical (unpaired) electrons. The fraction of sp³-hybridized carbons (Fsp3) is 0.333. The lowest BCUT2D eigenvalue weighted by molar-refractivity contribution is 0.0511. The monoisotopic (exact) mass is 217 g/mol. The number of halogens is 2. The van der Waals surface area contributed by atoms with Crippen molar-refractivity contribution in [2.24, 2.45) is 0 Å². The molecule has 1 aromatic heterocycles. The van der Waals surface area contributed by atoms with Crippen molar-refractivity contribution in [2.75, 3.05) is 6.61 Å². The third kappa shape index (κ3) is 2.39. The zero-order chi connectivity index (χ0) is 11.4. The summed E-state index contributed by atoms with van der Waals surface area (Å²) in [5.74, 6) is -1.03. The molecule has 0 saturated carbocycles. The number of esters is 1. The molecular weight excluding hydrogens is 208 g/mol. The number of alkyl halides is 2. The van der Waals surface area contributed by atoms with Crippen molar-refractivity contribution in [3.63, 3.8) is 0 Å². The minimum absolute atomic E-state index is 0.0237. The van der Waals surface area contributed by atoms with Crippen LogP contribution in [0.4, 0.5) is 8.78 Å². The largest absolute Gasteiger partial charge is 0.462 e. The van der Waals surface area contributed by atoms with Crippen LogP contribution in [0.5, 0.6) is 0 Å². The number of aromatic amines is 1. The summed E-state index contributed by atoms with van der Waals surface area (Å²) in [6, 6.07) is 0.998. The first-order valence-corrected chi connectivity index (χ1v) is 4.24. The van der Waals surface area contributed by atoms with Gasteiger partial charge in [-0.1, -0.05) is 0 Å². The topological polar surface area (TPSA) is 59.2 Å². The van der Waals surface area contributed by atoms with Gasteiger partial charge in [-0.15, -0.1) is 0 Å². The second-order valence-electron chi connectivity index (χ2n) is 2.65. The van der Waals surface area contributed by atoms with E-state index in [2.05, 4.69) is 9.72 Å². The molecule has 1 N–H and O–H groups in total. The number of hydrogen-bond donors (Lipinski definition) is 1. The van der Waals surface area contributed by atoms with Crippen LogP contribution in [0, 0.1) is 0 Å². The lowest BCUT2D eigenvalue weighted by Crippen LogP contribution is -2.20. The van der Waals surface area contributed by atoms with E-state index in [4.69, 9.17) is 0 Å². The normalized spacial score (nSPS) is 10.4. The Morgan fingerprint density at radius 2 is 2.27 bits per heavy atom. The number of aromatic nitrogens is 1. The van der Waals surface area contributed by atoms with Crippen LogP contribution in [0.25, 0.3) is 0 Å². The van der Waals surface area contributed by atoms with Crippen LogP contribution in [-0.2, 0) is 4.74 Å². The predicted molar refractivity (Wildman–Crippen MR) is 48.0 cm³/mol. The second kappa shape index (κ2) is 4.68. The molecule has 1 aromatic rings. The smallest absolute Gasteiger partial charge is 0.344 e. The predicted octanol–water partition coefficient (Wildman–Crippen LogP) is 1.49. The molecule has 0 fully saturated rings. The van der Waals surface area contributed by atoms with Gasteiger partial charge in [-0.2, -0.15) is 0 Å². The molecule has 1 heterocycles. The summed E-state index contributed by atoms with van der Waals surface area (Å²) in [6.07, 6.45) is -1.86. The van der Waals surface area contributed by atoms with E-state index >= 15 is 0 Å². The van der Waals surface area contributed by atoms with Crippen LogP contribution in [0.2, 0.25) is 0 Å². The first kappa shape index (κ1) is 11.4. The molecule has 15 heavy (non-hydrogen) atoms. The maximum atomic E-state index is 12.4. The van der Waals surface area contributed by atoms with E-state index in [-0.39, 0.29) is 6.61 Å². The van der Waals surface area contributed by atoms with Crippen LogP contribution in [0.3, 0.4) is 0 Å². The number of pyridine rings is 1. The van der Waals surface area contributed by atoms with Crippen LogP contribution < -0.4 is 5.43 Å². The summed E-state index contributed by atoms with van der Waals surface area (Å²) in [5.41, 5.74) is -2.11. The summed E-state index contributed by atoms with van der Waals surface area (Å²) >= 11 is 0. The summed E-state index contributed by atoms with van der Waals surface area (Å²) in [6.45, 7) is 1.55. The molecule has 0 unspecified atom stereocenters. The highest BCUT2D eigenvalue weighted by molar-refractivity contribution is 5.90. The van der Waals surface area contributed by atoms with Crippen LogP contribution >= 0.6 is 0 Å². The molecular formula is C9H9F2NO3. The van der Waals surface area contributed by atoms with Gasteiger partial charge in [0.15, 0.2) is 5.43 Å². The zero-order valence-electron chi connectivity index (χ0n) is 7.92. The molecule has 0 amide bonds. The van der Waals surface area contributed by atoms with Crippen LogP contribution in [-0.4, -0.2) is 17.6 Å². The number of H-pyrrole nitrogens is 1. The number of carbonyl (C=O) groups is 1. The Kier molecular flexibility index (Phi) is 3.54. The number of ether oxygens (including phenoxy) is 1. The fourth-order valence-corrected chi connectivity index (χ4v) is 1.08. The van der Waals surface area contributed by atoms with Crippen molar-refractivity contribution in [1.82, 2.24) is 4.98 Å².